The zero-order valence-corrected chi connectivity index (χ0v) is 8.46. The van der Waals surface area contributed by atoms with Crippen molar-refractivity contribution in [3.05, 3.63) is 0 Å². The molecule has 6 heteroatoms. The molecule has 0 spiro atoms. The average molecular weight is 221 g/mol. The molecule has 0 N–H and O–H groups in total. The lowest BCUT2D eigenvalue weighted by Gasteiger charge is -2.31. The van der Waals surface area contributed by atoms with Crippen molar-refractivity contribution >= 4 is 11.9 Å². The number of hydrogen-bond donors (Lipinski definition) is 0. The number of piperidine rings is 1. The van der Waals surface area contributed by atoms with Crippen LogP contribution < -0.4 is 0 Å². The summed E-state index contributed by atoms with van der Waals surface area (Å²) in [6.45, 7) is 1.11. The van der Waals surface area contributed by atoms with Crippen molar-refractivity contribution in [1.82, 2.24) is 4.90 Å². The van der Waals surface area contributed by atoms with Crippen molar-refractivity contribution in [1.29, 1.82) is 0 Å². The molecule has 86 valence electrons. The molecule has 0 radical (unpaired) electrons. The summed E-state index contributed by atoms with van der Waals surface area (Å²) in [4.78, 5) is 23.1. The zero-order valence-electron chi connectivity index (χ0n) is 8.46. The first-order valence-corrected chi connectivity index (χ1v) is 4.80. The van der Waals surface area contributed by atoms with Gasteiger partial charge < -0.3 is 9.64 Å². The van der Waals surface area contributed by atoms with E-state index < -0.39 is 24.3 Å². The van der Waals surface area contributed by atoms with Crippen LogP contribution in [0.4, 0.5) is 8.78 Å². The standard InChI is InChI=1S/C9H13F2NO3/c1-2-15-8(14)7(13)12-5-3-4-9(10,11)6-12/h2-6H2,1H3. The molecule has 15 heavy (non-hydrogen) atoms. The van der Waals surface area contributed by atoms with Crippen LogP contribution in [-0.4, -0.2) is 42.4 Å². The normalized spacial score (nSPS) is 19.8. The molecule has 0 unspecified atom stereocenters. The molecular formula is C9H13F2NO3. The van der Waals surface area contributed by atoms with Crippen LogP contribution in [0, 0.1) is 0 Å². The van der Waals surface area contributed by atoms with Gasteiger partial charge in [0, 0.05) is 13.0 Å². The van der Waals surface area contributed by atoms with E-state index >= 15 is 0 Å². The van der Waals surface area contributed by atoms with Gasteiger partial charge in [-0.25, -0.2) is 13.6 Å². The van der Waals surface area contributed by atoms with Gasteiger partial charge in [0.2, 0.25) is 0 Å². The van der Waals surface area contributed by atoms with Crippen LogP contribution in [0.1, 0.15) is 19.8 Å². The summed E-state index contributed by atoms with van der Waals surface area (Å²) in [5, 5.41) is 0. The zero-order chi connectivity index (χ0) is 11.5. The van der Waals surface area contributed by atoms with Crippen LogP contribution in [0.3, 0.4) is 0 Å². The Morgan fingerprint density at radius 1 is 1.47 bits per heavy atom. The fourth-order valence-electron chi connectivity index (χ4n) is 1.46. The molecule has 1 saturated heterocycles. The van der Waals surface area contributed by atoms with E-state index in [-0.39, 0.29) is 26.0 Å². The highest BCUT2D eigenvalue weighted by atomic mass is 19.3. The smallest absolute Gasteiger partial charge is 0.397 e. The SMILES string of the molecule is CCOC(=O)C(=O)N1CCCC(F)(F)C1. The Kier molecular flexibility index (Phi) is 3.60. The predicted octanol–water partition coefficient (Wildman–Crippen LogP) is 0.807. The maximum Gasteiger partial charge on any atom is 0.397 e. The Balaban J connectivity index is 2.56. The van der Waals surface area contributed by atoms with Crippen molar-refractivity contribution in [3.63, 3.8) is 0 Å². The third kappa shape index (κ3) is 3.14. The lowest BCUT2D eigenvalue weighted by molar-refractivity contribution is -0.164. The summed E-state index contributed by atoms with van der Waals surface area (Å²) < 4.78 is 30.3. The lowest BCUT2D eigenvalue weighted by Crippen LogP contribution is -2.48. The number of rotatable bonds is 1. The molecule has 0 saturated carbocycles. The van der Waals surface area contributed by atoms with E-state index in [0.29, 0.717) is 0 Å². The molecule has 0 atom stereocenters. The van der Waals surface area contributed by atoms with E-state index in [1.54, 1.807) is 6.92 Å². The van der Waals surface area contributed by atoms with Crippen molar-refractivity contribution in [2.45, 2.75) is 25.7 Å². The van der Waals surface area contributed by atoms with Gasteiger partial charge in [-0.1, -0.05) is 0 Å². The number of halogens is 2. The summed E-state index contributed by atoms with van der Waals surface area (Å²) in [5.74, 6) is -4.92. The summed E-state index contributed by atoms with van der Waals surface area (Å²) >= 11 is 0. The van der Waals surface area contributed by atoms with E-state index in [2.05, 4.69) is 4.74 Å². The first kappa shape index (κ1) is 11.9. The van der Waals surface area contributed by atoms with Crippen LogP contribution >= 0.6 is 0 Å². The molecule has 0 aromatic rings. The number of amides is 1. The number of carbonyl (C=O) groups is 2. The molecule has 0 aliphatic carbocycles. The Morgan fingerprint density at radius 3 is 2.67 bits per heavy atom. The first-order valence-electron chi connectivity index (χ1n) is 4.80. The largest absolute Gasteiger partial charge is 0.459 e. The Bertz CT molecular complexity index is 268. The van der Waals surface area contributed by atoms with Crippen LogP contribution in [-0.2, 0) is 14.3 Å². The summed E-state index contributed by atoms with van der Waals surface area (Å²) in [6.07, 6.45) is -0.0300. The molecule has 0 bridgehead atoms. The third-order valence-electron chi connectivity index (χ3n) is 2.13. The van der Waals surface area contributed by atoms with Crippen LogP contribution in [0.25, 0.3) is 0 Å². The Hall–Kier alpha value is -1.20. The molecule has 4 nitrogen and oxygen atoms in total. The van der Waals surface area contributed by atoms with Crippen molar-refractivity contribution in [3.8, 4) is 0 Å². The monoisotopic (exact) mass is 221 g/mol. The number of alkyl halides is 2. The second-order valence-electron chi connectivity index (χ2n) is 3.41. The first-order chi connectivity index (χ1) is 6.96. The highest BCUT2D eigenvalue weighted by molar-refractivity contribution is 6.32. The molecule has 1 aliphatic rings. The minimum Gasteiger partial charge on any atom is -0.459 e. The predicted molar refractivity (Wildman–Crippen MR) is 47.4 cm³/mol. The lowest BCUT2D eigenvalue weighted by atomic mass is 10.1. The van der Waals surface area contributed by atoms with Crippen LogP contribution in [0.2, 0.25) is 0 Å². The molecule has 1 amide bonds. The molecule has 1 rings (SSSR count). The van der Waals surface area contributed by atoms with E-state index in [1.807, 2.05) is 0 Å². The van der Waals surface area contributed by atoms with Gasteiger partial charge in [-0.15, -0.1) is 0 Å². The topological polar surface area (TPSA) is 46.6 Å². The quantitative estimate of drug-likeness (QED) is 0.486. The fraction of sp³-hybridized carbons (Fsp3) is 0.778. The number of carbonyl (C=O) groups excluding carboxylic acids is 2. The van der Waals surface area contributed by atoms with Gasteiger partial charge in [-0.2, -0.15) is 0 Å². The van der Waals surface area contributed by atoms with Gasteiger partial charge in [0.05, 0.1) is 13.2 Å². The number of ether oxygens (including phenoxy) is 1. The Labute approximate surface area is 86.2 Å². The van der Waals surface area contributed by atoms with Gasteiger partial charge in [-0.05, 0) is 13.3 Å². The minimum atomic E-state index is -2.89. The van der Waals surface area contributed by atoms with Gasteiger partial charge in [0.25, 0.3) is 5.92 Å². The fourth-order valence-corrected chi connectivity index (χ4v) is 1.46. The van der Waals surface area contributed by atoms with Crippen LogP contribution in [0.5, 0.6) is 0 Å². The van der Waals surface area contributed by atoms with E-state index in [0.717, 1.165) is 4.90 Å². The molecule has 0 aromatic heterocycles. The number of esters is 1. The summed E-state index contributed by atoms with van der Waals surface area (Å²) in [7, 11) is 0. The maximum absolute atomic E-state index is 12.9. The Morgan fingerprint density at radius 2 is 2.13 bits per heavy atom. The van der Waals surface area contributed by atoms with E-state index in [1.165, 1.54) is 0 Å². The molecule has 0 aromatic carbocycles. The van der Waals surface area contributed by atoms with Gasteiger partial charge in [-0.3, -0.25) is 4.79 Å². The van der Waals surface area contributed by atoms with Crippen molar-refractivity contribution in [2.24, 2.45) is 0 Å². The highest BCUT2D eigenvalue weighted by Gasteiger charge is 2.39. The molecule has 1 fully saturated rings. The summed E-state index contributed by atoms with van der Waals surface area (Å²) in [6, 6.07) is 0. The molecule has 1 aliphatic heterocycles. The molecular weight excluding hydrogens is 208 g/mol. The van der Waals surface area contributed by atoms with Gasteiger partial charge in [0.15, 0.2) is 0 Å². The third-order valence-corrected chi connectivity index (χ3v) is 2.13. The second kappa shape index (κ2) is 4.55. The number of likely N-dealkylation sites (tertiary alicyclic amines) is 1. The summed E-state index contributed by atoms with van der Waals surface area (Å²) in [5.41, 5.74) is 0. The van der Waals surface area contributed by atoms with Gasteiger partial charge in [0.1, 0.15) is 0 Å². The second-order valence-corrected chi connectivity index (χ2v) is 3.41. The maximum atomic E-state index is 12.9. The van der Waals surface area contributed by atoms with E-state index in [9.17, 15) is 18.4 Å². The highest BCUT2D eigenvalue weighted by Crippen LogP contribution is 2.26. The van der Waals surface area contributed by atoms with E-state index in [4.69, 9.17) is 0 Å². The number of hydrogen-bond acceptors (Lipinski definition) is 3. The van der Waals surface area contributed by atoms with Crippen LogP contribution in [0.15, 0.2) is 0 Å². The number of nitrogens with zero attached hydrogens (tertiary/aromatic N) is 1. The van der Waals surface area contributed by atoms with Crippen molar-refractivity contribution in [2.75, 3.05) is 19.7 Å². The minimum absolute atomic E-state index is 0.0643. The molecule has 1 heterocycles. The van der Waals surface area contributed by atoms with Crippen molar-refractivity contribution < 1.29 is 23.1 Å². The average Bonchev–Trinajstić information content (AvgIpc) is 2.15. The van der Waals surface area contributed by atoms with Gasteiger partial charge >= 0.3 is 11.9 Å².